The lowest BCUT2D eigenvalue weighted by Crippen LogP contribution is -2.27. The van der Waals surface area contributed by atoms with Gasteiger partial charge in [0.15, 0.2) is 0 Å². The van der Waals surface area contributed by atoms with E-state index >= 15 is 0 Å². The average Bonchev–Trinajstić information content (AvgIpc) is 2.97. The van der Waals surface area contributed by atoms with Gasteiger partial charge in [0.05, 0.1) is 25.5 Å². The standard InChI is InChI=1S/C23H20BrNO5/c1-14-11-12-16(15-8-4-5-10-18(15)26)20(19(14)24)25-13-7-6-9-17(22(27)29-2)21(25)23(28)30-3/h4-13,26H,1-3H3. The van der Waals surface area contributed by atoms with Gasteiger partial charge < -0.3 is 19.5 Å². The van der Waals surface area contributed by atoms with Crippen LogP contribution in [0.1, 0.15) is 5.56 Å². The summed E-state index contributed by atoms with van der Waals surface area (Å²) in [6.45, 7) is 1.91. The number of para-hydroxylation sites is 1. The Morgan fingerprint density at radius 2 is 1.67 bits per heavy atom. The summed E-state index contributed by atoms with van der Waals surface area (Å²) in [6.07, 6.45) is 6.49. The minimum Gasteiger partial charge on any atom is -0.507 e. The van der Waals surface area contributed by atoms with Gasteiger partial charge in [0.25, 0.3) is 0 Å². The van der Waals surface area contributed by atoms with Crippen molar-refractivity contribution in [3.8, 4) is 16.9 Å². The van der Waals surface area contributed by atoms with E-state index in [9.17, 15) is 14.7 Å². The lowest BCUT2D eigenvalue weighted by molar-refractivity contribution is -0.139. The Morgan fingerprint density at radius 1 is 0.967 bits per heavy atom. The molecule has 0 fully saturated rings. The minimum absolute atomic E-state index is 0.00248. The van der Waals surface area contributed by atoms with Crippen LogP contribution in [-0.4, -0.2) is 31.3 Å². The molecule has 0 radical (unpaired) electrons. The zero-order valence-corrected chi connectivity index (χ0v) is 18.3. The zero-order chi connectivity index (χ0) is 21.8. The number of phenols is 1. The molecule has 1 N–H and O–H groups in total. The quantitative estimate of drug-likeness (QED) is 0.658. The highest BCUT2D eigenvalue weighted by Gasteiger charge is 2.30. The molecule has 0 spiro atoms. The van der Waals surface area contributed by atoms with Crippen LogP contribution in [0, 0.1) is 6.92 Å². The highest BCUT2D eigenvalue weighted by atomic mass is 79.9. The Balaban J connectivity index is 2.38. The van der Waals surface area contributed by atoms with E-state index in [2.05, 4.69) is 15.9 Å². The molecule has 0 atom stereocenters. The number of hydrogen-bond donors (Lipinski definition) is 1. The summed E-state index contributed by atoms with van der Waals surface area (Å²) >= 11 is 3.62. The largest absolute Gasteiger partial charge is 0.507 e. The number of phenolic OH excluding ortho intramolecular Hbond substituents is 1. The van der Waals surface area contributed by atoms with Gasteiger partial charge in [0.1, 0.15) is 11.4 Å². The van der Waals surface area contributed by atoms with Gasteiger partial charge in [0.2, 0.25) is 0 Å². The number of benzene rings is 2. The van der Waals surface area contributed by atoms with Gasteiger partial charge >= 0.3 is 11.9 Å². The van der Waals surface area contributed by atoms with Crippen LogP contribution >= 0.6 is 15.9 Å². The Morgan fingerprint density at radius 3 is 2.33 bits per heavy atom. The van der Waals surface area contributed by atoms with Gasteiger partial charge in [-0.2, -0.15) is 0 Å². The molecule has 2 aromatic rings. The molecule has 154 valence electrons. The summed E-state index contributed by atoms with van der Waals surface area (Å²) in [5, 5.41) is 10.5. The molecule has 0 saturated carbocycles. The summed E-state index contributed by atoms with van der Waals surface area (Å²) in [4.78, 5) is 26.8. The summed E-state index contributed by atoms with van der Waals surface area (Å²) in [6, 6.07) is 10.7. The van der Waals surface area contributed by atoms with Crippen LogP contribution in [-0.2, 0) is 19.1 Å². The number of hydrogen-bond acceptors (Lipinski definition) is 6. The third-order valence-corrected chi connectivity index (χ3v) is 5.63. The number of nitrogens with zero attached hydrogens (tertiary/aromatic N) is 1. The van der Waals surface area contributed by atoms with Crippen molar-refractivity contribution in [2.75, 3.05) is 19.1 Å². The van der Waals surface area contributed by atoms with Crippen molar-refractivity contribution < 1.29 is 24.2 Å². The first kappa shape index (κ1) is 21.4. The maximum Gasteiger partial charge on any atom is 0.355 e. The lowest BCUT2D eigenvalue weighted by atomic mass is 9.99. The summed E-state index contributed by atoms with van der Waals surface area (Å²) in [5.74, 6) is -1.29. The van der Waals surface area contributed by atoms with E-state index in [0.29, 0.717) is 21.3 Å². The fraction of sp³-hybridized carbons (Fsp3) is 0.130. The van der Waals surface area contributed by atoms with E-state index < -0.39 is 11.9 Å². The zero-order valence-electron chi connectivity index (χ0n) is 16.7. The van der Waals surface area contributed by atoms with Crippen LogP contribution in [0.3, 0.4) is 0 Å². The molecule has 2 aromatic carbocycles. The SMILES string of the molecule is COC(=O)C1=C(C(=O)OC)N(c2c(-c3ccccc3O)ccc(C)c2Br)C=CC=C1. The Hall–Kier alpha value is -3.32. The molecule has 1 heterocycles. The molecule has 0 amide bonds. The van der Waals surface area contributed by atoms with Gasteiger partial charge in [-0.3, -0.25) is 0 Å². The number of carbonyl (C=O) groups is 2. The Kier molecular flexibility index (Phi) is 6.42. The minimum atomic E-state index is -0.705. The first-order chi connectivity index (χ1) is 14.4. The average molecular weight is 470 g/mol. The number of aromatic hydroxyl groups is 1. The second kappa shape index (κ2) is 9.00. The second-order valence-electron chi connectivity index (χ2n) is 6.43. The van der Waals surface area contributed by atoms with Crippen molar-refractivity contribution >= 4 is 33.6 Å². The van der Waals surface area contributed by atoms with Crippen molar-refractivity contribution in [3.63, 3.8) is 0 Å². The van der Waals surface area contributed by atoms with Crippen molar-refractivity contribution in [1.82, 2.24) is 0 Å². The Bertz CT molecular complexity index is 1100. The van der Waals surface area contributed by atoms with Crippen LogP contribution in [0.25, 0.3) is 11.1 Å². The smallest absolute Gasteiger partial charge is 0.355 e. The van der Waals surface area contributed by atoms with Crippen LogP contribution in [0.15, 0.2) is 76.6 Å². The summed E-state index contributed by atoms with van der Waals surface area (Å²) in [5.41, 5.74) is 2.74. The van der Waals surface area contributed by atoms with Gasteiger partial charge in [0, 0.05) is 21.8 Å². The molecular formula is C23H20BrNO5. The van der Waals surface area contributed by atoms with Crippen molar-refractivity contribution in [3.05, 3.63) is 82.1 Å². The first-order valence-corrected chi connectivity index (χ1v) is 9.82. The molecule has 0 unspecified atom stereocenters. The van der Waals surface area contributed by atoms with Crippen LogP contribution < -0.4 is 4.90 Å². The number of allylic oxidation sites excluding steroid dienone is 2. The van der Waals surface area contributed by atoms with Crippen LogP contribution in [0.4, 0.5) is 5.69 Å². The topological polar surface area (TPSA) is 76.1 Å². The number of esters is 2. The number of halogens is 1. The molecule has 3 rings (SSSR count). The van der Waals surface area contributed by atoms with Crippen molar-refractivity contribution in [2.45, 2.75) is 6.92 Å². The third-order valence-electron chi connectivity index (χ3n) is 4.63. The van der Waals surface area contributed by atoms with Gasteiger partial charge in [-0.25, -0.2) is 9.59 Å². The molecule has 7 heteroatoms. The monoisotopic (exact) mass is 469 g/mol. The fourth-order valence-electron chi connectivity index (χ4n) is 3.16. The molecule has 0 saturated heterocycles. The first-order valence-electron chi connectivity index (χ1n) is 9.03. The highest BCUT2D eigenvalue weighted by Crippen LogP contribution is 2.44. The summed E-state index contributed by atoms with van der Waals surface area (Å²) < 4.78 is 10.6. The lowest BCUT2D eigenvalue weighted by Gasteiger charge is -2.27. The maximum atomic E-state index is 12.8. The van der Waals surface area contributed by atoms with Crippen LogP contribution in [0.2, 0.25) is 0 Å². The van der Waals surface area contributed by atoms with Gasteiger partial charge in [-0.1, -0.05) is 36.4 Å². The molecule has 1 aliphatic rings. The predicted molar refractivity (Wildman–Crippen MR) is 118 cm³/mol. The number of aryl methyl sites for hydroxylation is 1. The molecule has 1 aliphatic heterocycles. The molecular weight excluding hydrogens is 450 g/mol. The number of carbonyl (C=O) groups excluding carboxylic acids is 2. The van der Waals surface area contributed by atoms with Crippen molar-refractivity contribution in [2.24, 2.45) is 0 Å². The van der Waals surface area contributed by atoms with Crippen LogP contribution in [0.5, 0.6) is 5.75 Å². The third kappa shape index (κ3) is 3.89. The van der Waals surface area contributed by atoms with E-state index in [1.807, 2.05) is 25.1 Å². The molecule has 0 bridgehead atoms. The number of rotatable bonds is 4. The summed E-state index contributed by atoms with van der Waals surface area (Å²) in [7, 11) is 2.49. The number of anilines is 1. The van der Waals surface area contributed by atoms with Crippen molar-refractivity contribution in [1.29, 1.82) is 0 Å². The maximum absolute atomic E-state index is 12.8. The number of ether oxygens (including phenoxy) is 2. The molecule has 0 aliphatic carbocycles. The molecule has 30 heavy (non-hydrogen) atoms. The second-order valence-corrected chi connectivity index (χ2v) is 7.22. The van der Waals surface area contributed by atoms with E-state index in [0.717, 1.165) is 5.56 Å². The number of methoxy groups -OCH3 is 2. The fourth-order valence-corrected chi connectivity index (χ4v) is 3.69. The Labute approximate surface area is 182 Å². The molecule has 0 aromatic heterocycles. The normalized spacial score (nSPS) is 13.3. The van der Waals surface area contributed by atoms with E-state index in [-0.39, 0.29) is 17.0 Å². The predicted octanol–water partition coefficient (Wildman–Crippen LogP) is 4.62. The van der Waals surface area contributed by atoms with E-state index in [1.165, 1.54) is 20.3 Å². The van der Waals surface area contributed by atoms with E-state index in [1.54, 1.807) is 41.5 Å². The van der Waals surface area contributed by atoms with Gasteiger partial charge in [-0.05, 0) is 46.6 Å². The van der Waals surface area contributed by atoms with Gasteiger partial charge in [-0.15, -0.1) is 0 Å². The van der Waals surface area contributed by atoms with E-state index in [4.69, 9.17) is 9.47 Å². The highest BCUT2D eigenvalue weighted by molar-refractivity contribution is 9.10. The molecule has 6 nitrogen and oxygen atoms in total.